The van der Waals surface area contributed by atoms with Crippen LogP contribution in [0.5, 0.6) is 0 Å². The Bertz CT molecular complexity index is 136. The van der Waals surface area contributed by atoms with Crippen molar-refractivity contribution in [2.24, 2.45) is 0 Å². The van der Waals surface area contributed by atoms with Gasteiger partial charge in [0.2, 0.25) is 0 Å². The van der Waals surface area contributed by atoms with Crippen LogP contribution in [0.2, 0.25) is 0 Å². The molecule has 12 heavy (non-hydrogen) atoms. The average molecular weight is 168 g/mol. The largest absolute Gasteiger partial charge is 0.389 e. The first-order valence-corrected chi connectivity index (χ1v) is 4.81. The molecule has 0 aromatic rings. The lowest BCUT2D eigenvalue weighted by atomic mass is 10.1. The molecular weight excluding hydrogens is 148 g/mol. The Balaban J connectivity index is 3.37. The fourth-order valence-electron chi connectivity index (χ4n) is 0.941. The molecule has 1 unspecified atom stereocenters. The van der Waals surface area contributed by atoms with Crippen molar-refractivity contribution in [1.82, 2.24) is 0 Å². The third-order valence-corrected chi connectivity index (χ3v) is 1.63. The van der Waals surface area contributed by atoms with Crippen LogP contribution in [0, 0.1) is 0 Å². The van der Waals surface area contributed by atoms with Gasteiger partial charge in [-0.1, -0.05) is 38.2 Å². The van der Waals surface area contributed by atoms with Crippen molar-refractivity contribution in [3.8, 4) is 0 Å². The lowest BCUT2D eigenvalue weighted by Crippen LogP contribution is -2.00. The Kier molecular flexibility index (Phi) is 8.14. The summed E-state index contributed by atoms with van der Waals surface area (Å²) >= 11 is 0. The van der Waals surface area contributed by atoms with Gasteiger partial charge in [0.25, 0.3) is 0 Å². The Morgan fingerprint density at radius 1 is 1.08 bits per heavy atom. The van der Waals surface area contributed by atoms with Gasteiger partial charge < -0.3 is 5.11 Å². The predicted molar refractivity (Wildman–Crippen MR) is 54.1 cm³/mol. The maximum absolute atomic E-state index is 9.36. The zero-order valence-electron chi connectivity index (χ0n) is 8.16. The van der Waals surface area contributed by atoms with Gasteiger partial charge in [-0.25, -0.2) is 0 Å². The summed E-state index contributed by atoms with van der Waals surface area (Å²) in [5.74, 6) is 0. The van der Waals surface area contributed by atoms with Crippen molar-refractivity contribution < 1.29 is 5.11 Å². The lowest BCUT2D eigenvalue weighted by molar-refractivity contribution is 0.213. The highest BCUT2D eigenvalue weighted by atomic mass is 16.3. The van der Waals surface area contributed by atoms with Crippen LogP contribution in [0.3, 0.4) is 0 Å². The summed E-state index contributed by atoms with van der Waals surface area (Å²) in [6.07, 6.45) is 11.8. The molecule has 1 heteroatoms. The van der Waals surface area contributed by atoms with E-state index in [2.05, 4.69) is 26.0 Å². The van der Waals surface area contributed by atoms with E-state index in [1.807, 2.05) is 12.2 Å². The summed E-state index contributed by atoms with van der Waals surface area (Å²) in [5.41, 5.74) is 0. The fourth-order valence-corrected chi connectivity index (χ4v) is 0.941. The summed E-state index contributed by atoms with van der Waals surface area (Å²) in [6.45, 7) is 4.18. The molecule has 0 aliphatic carbocycles. The van der Waals surface area contributed by atoms with Crippen LogP contribution in [0.4, 0.5) is 0 Å². The highest BCUT2D eigenvalue weighted by Gasteiger charge is 1.94. The normalized spacial score (nSPS) is 14.6. The first kappa shape index (κ1) is 11.4. The van der Waals surface area contributed by atoms with Gasteiger partial charge in [0, 0.05) is 0 Å². The van der Waals surface area contributed by atoms with E-state index in [0.29, 0.717) is 0 Å². The van der Waals surface area contributed by atoms with Crippen LogP contribution in [-0.2, 0) is 0 Å². The third kappa shape index (κ3) is 7.55. The standard InChI is InChI=1S/C11H20O/c1-3-5-7-8-10-11(12)9-6-4-2/h5-7,9,11-12H,3-4,8,10H2,1-2H3/b7-5+,9-6+. The van der Waals surface area contributed by atoms with Gasteiger partial charge >= 0.3 is 0 Å². The van der Waals surface area contributed by atoms with Crippen molar-refractivity contribution in [2.45, 2.75) is 45.6 Å². The van der Waals surface area contributed by atoms with Crippen LogP contribution in [0.25, 0.3) is 0 Å². The van der Waals surface area contributed by atoms with Crippen molar-refractivity contribution in [3.63, 3.8) is 0 Å². The highest BCUT2D eigenvalue weighted by Crippen LogP contribution is 2.00. The Labute approximate surface area is 75.8 Å². The van der Waals surface area contributed by atoms with Crippen LogP contribution >= 0.6 is 0 Å². The van der Waals surface area contributed by atoms with E-state index >= 15 is 0 Å². The number of hydrogen-bond acceptors (Lipinski definition) is 1. The first-order chi connectivity index (χ1) is 5.81. The minimum atomic E-state index is -0.258. The topological polar surface area (TPSA) is 20.2 Å². The lowest BCUT2D eigenvalue weighted by Gasteiger charge is -2.01. The van der Waals surface area contributed by atoms with E-state index in [1.165, 1.54) is 0 Å². The van der Waals surface area contributed by atoms with Crippen LogP contribution < -0.4 is 0 Å². The summed E-state index contributed by atoms with van der Waals surface area (Å²) in [6, 6.07) is 0. The molecule has 1 nitrogen and oxygen atoms in total. The second-order valence-corrected chi connectivity index (χ2v) is 2.86. The summed E-state index contributed by atoms with van der Waals surface area (Å²) in [4.78, 5) is 0. The van der Waals surface area contributed by atoms with Crippen LogP contribution in [-0.4, -0.2) is 11.2 Å². The molecule has 0 rings (SSSR count). The van der Waals surface area contributed by atoms with Gasteiger partial charge in [-0.2, -0.15) is 0 Å². The van der Waals surface area contributed by atoms with Gasteiger partial charge in [-0.05, 0) is 25.7 Å². The molecule has 1 N–H and O–H groups in total. The maximum atomic E-state index is 9.36. The zero-order chi connectivity index (χ0) is 9.23. The van der Waals surface area contributed by atoms with E-state index in [0.717, 1.165) is 25.7 Å². The van der Waals surface area contributed by atoms with Gasteiger partial charge in [-0.3, -0.25) is 0 Å². The van der Waals surface area contributed by atoms with Crippen LogP contribution in [0.1, 0.15) is 39.5 Å². The molecule has 0 aliphatic rings. The molecule has 1 atom stereocenters. The molecule has 0 spiro atoms. The Morgan fingerprint density at radius 3 is 2.33 bits per heavy atom. The molecule has 0 heterocycles. The number of rotatable bonds is 6. The predicted octanol–water partition coefficient (Wildman–Crippen LogP) is 3.06. The first-order valence-electron chi connectivity index (χ1n) is 4.81. The van der Waals surface area contributed by atoms with Gasteiger partial charge in [-0.15, -0.1) is 0 Å². The van der Waals surface area contributed by atoms with E-state index < -0.39 is 0 Å². The van der Waals surface area contributed by atoms with E-state index in [-0.39, 0.29) is 6.10 Å². The quantitative estimate of drug-likeness (QED) is 0.604. The zero-order valence-corrected chi connectivity index (χ0v) is 8.16. The minimum Gasteiger partial charge on any atom is -0.389 e. The molecular formula is C11H20O. The molecule has 0 amide bonds. The molecule has 0 bridgehead atoms. The molecule has 0 saturated heterocycles. The van der Waals surface area contributed by atoms with Gasteiger partial charge in [0.05, 0.1) is 6.10 Å². The summed E-state index contributed by atoms with van der Waals surface area (Å²) in [5, 5.41) is 9.36. The molecule has 0 radical (unpaired) electrons. The average Bonchev–Trinajstić information content (AvgIpc) is 2.09. The fraction of sp³-hybridized carbons (Fsp3) is 0.636. The summed E-state index contributed by atoms with van der Waals surface area (Å²) in [7, 11) is 0. The minimum absolute atomic E-state index is 0.258. The Morgan fingerprint density at radius 2 is 1.75 bits per heavy atom. The summed E-state index contributed by atoms with van der Waals surface area (Å²) < 4.78 is 0. The smallest absolute Gasteiger partial charge is 0.0723 e. The molecule has 0 fully saturated rings. The number of aliphatic hydroxyl groups excluding tert-OH is 1. The third-order valence-electron chi connectivity index (χ3n) is 1.63. The Hall–Kier alpha value is -0.560. The van der Waals surface area contributed by atoms with Gasteiger partial charge in [0.1, 0.15) is 0 Å². The number of hydrogen-bond donors (Lipinski definition) is 1. The number of allylic oxidation sites excluding steroid dienone is 3. The monoisotopic (exact) mass is 168 g/mol. The SMILES string of the molecule is CC/C=C/CCC(O)/C=C/CC. The maximum Gasteiger partial charge on any atom is 0.0723 e. The molecule has 0 saturated carbocycles. The number of aliphatic hydroxyl groups is 1. The van der Waals surface area contributed by atoms with Gasteiger partial charge in [0.15, 0.2) is 0 Å². The second kappa shape index (κ2) is 8.54. The van der Waals surface area contributed by atoms with E-state index in [1.54, 1.807) is 0 Å². The van der Waals surface area contributed by atoms with Crippen molar-refractivity contribution >= 4 is 0 Å². The van der Waals surface area contributed by atoms with Crippen molar-refractivity contribution in [1.29, 1.82) is 0 Å². The molecule has 0 aliphatic heterocycles. The molecule has 0 aromatic heterocycles. The van der Waals surface area contributed by atoms with E-state index in [4.69, 9.17) is 0 Å². The van der Waals surface area contributed by atoms with E-state index in [9.17, 15) is 5.11 Å². The van der Waals surface area contributed by atoms with Crippen molar-refractivity contribution in [3.05, 3.63) is 24.3 Å². The molecule has 70 valence electrons. The van der Waals surface area contributed by atoms with Crippen LogP contribution in [0.15, 0.2) is 24.3 Å². The highest BCUT2D eigenvalue weighted by molar-refractivity contribution is 4.90. The second-order valence-electron chi connectivity index (χ2n) is 2.86. The van der Waals surface area contributed by atoms with Crippen molar-refractivity contribution in [2.75, 3.05) is 0 Å². The molecule has 0 aromatic carbocycles.